The lowest BCUT2D eigenvalue weighted by Crippen LogP contribution is -2.03. The average molecular weight is 215 g/mol. The normalized spacial score (nSPS) is 12.3. The fourth-order valence-corrected chi connectivity index (χ4v) is 1.68. The Morgan fingerprint density at radius 1 is 1.44 bits per heavy atom. The molecule has 0 fully saturated rings. The molecule has 2 aromatic rings. The number of fused-ring (bicyclic) bond motifs is 1. The van der Waals surface area contributed by atoms with E-state index in [-0.39, 0.29) is 5.92 Å². The first-order valence-corrected chi connectivity index (χ1v) is 5.21. The number of rotatable bonds is 4. The van der Waals surface area contributed by atoms with Crippen LogP contribution in [0.15, 0.2) is 36.5 Å². The van der Waals surface area contributed by atoms with E-state index in [1.165, 1.54) is 0 Å². The minimum atomic E-state index is 0.204. The van der Waals surface area contributed by atoms with Gasteiger partial charge in [0.25, 0.3) is 6.47 Å². The third-order valence-corrected chi connectivity index (χ3v) is 2.61. The maximum atomic E-state index is 10.1. The van der Waals surface area contributed by atoms with Gasteiger partial charge in [-0.05, 0) is 23.8 Å². The first kappa shape index (κ1) is 10.6. The molecule has 82 valence electrons. The minimum absolute atomic E-state index is 0.204. The Morgan fingerprint density at radius 2 is 2.31 bits per heavy atom. The van der Waals surface area contributed by atoms with Crippen molar-refractivity contribution >= 4 is 17.4 Å². The molecule has 1 aromatic carbocycles. The first-order chi connectivity index (χ1) is 7.81. The van der Waals surface area contributed by atoms with Gasteiger partial charge in [0.1, 0.15) is 0 Å². The molecule has 0 spiro atoms. The van der Waals surface area contributed by atoms with Crippen molar-refractivity contribution in [3.63, 3.8) is 0 Å². The summed E-state index contributed by atoms with van der Waals surface area (Å²) in [7, 11) is 0. The van der Waals surface area contributed by atoms with Crippen LogP contribution >= 0.6 is 0 Å². The summed E-state index contributed by atoms with van der Waals surface area (Å²) in [6.07, 6.45) is 1.78. The van der Waals surface area contributed by atoms with E-state index in [2.05, 4.69) is 11.1 Å². The van der Waals surface area contributed by atoms with E-state index in [0.717, 1.165) is 16.5 Å². The summed E-state index contributed by atoms with van der Waals surface area (Å²) in [5, 5.41) is 1.11. The van der Waals surface area contributed by atoms with Gasteiger partial charge in [-0.15, -0.1) is 0 Å². The number of hydrogen-bond donors (Lipinski definition) is 0. The SMILES string of the molecule is CC(COC=O)c1ccc2ncccc2c1. The maximum absolute atomic E-state index is 10.1. The minimum Gasteiger partial charge on any atom is -0.467 e. The van der Waals surface area contributed by atoms with Gasteiger partial charge >= 0.3 is 0 Å². The van der Waals surface area contributed by atoms with Crippen molar-refractivity contribution in [3.05, 3.63) is 42.1 Å². The number of aromatic nitrogens is 1. The van der Waals surface area contributed by atoms with Crippen LogP contribution in [-0.2, 0) is 9.53 Å². The van der Waals surface area contributed by atoms with E-state index in [4.69, 9.17) is 4.74 Å². The zero-order valence-electron chi connectivity index (χ0n) is 9.09. The van der Waals surface area contributed by atoms with Gasteiger partial charge < -0.3 is 4.74 Å². The Balaban J connectivity index is 2.28. The third kappa shape index (κ3) is 2.19. The summed E-state index contributed by atoms with van der Waals surface area (Å²) in [6, 6.07) is 10.0. The number of hydrogen-bond acceptors (Lipinski definition) is 3. The summed E-state index contributed by atoms with van der Waals surface area (Å²) in [6.45, 7) is 2.93. The monoisotopic (exact) mass is 215 g/mol. The number of carbonyl (C=O) groups excluding carboxylic acids is 1. The molecule has 0 aliphatic heterocycles. The molecule has 1 unspecified atom stereocenters. The van der Waals surface area contributed by atoms with Gasteiger partial charge in [0.15, 0.2) is 0 Å². The van der Waals surface area contributed by atoms with Gasteiger partial charge in [-0.3, -0.25) is 9.78 Å². The second-order valence-electron chi connectivity index (χ2n) is 3.79. The van der Waals surface area contributed by atoms with Crippen molar-refractivity contribution in [2.75, 3.05) is 6.61 Å². The number of pyridine rings is 1. The molecule has 0 aliphatic carbocycles. The summed E-state index contributed by atoms with van der Waals surface area (Å²) >= 11 is 0. The number of carbonyl (C=O) groups is 1. The summed E-state index contributed by atoms with van der Waals surface area (Å²) in [5.41, 5.74) is 2.14. The van der Waals surface area contributed by atoms with Crippen LogP contribution in [0.2, 0.25) is 0 Å². The Morgan fingerprint density at radius 3 is 3.12 bits per heavy atom. The number of nitrogens with zero attached hydrogens (tertiary/aromatic N) is 1. The van der Waals surface area contributed by atoms with Gasteiger partial charge in [-0.25, -0.2) is 0 Å². The predicted molar refractivity (Wildman–Crippen MR) is 62.2 cm³/mol. The highest BCUT2D eigenvalue weighted by atomic mass is 16.5. The molecule has 1 aromatic heterocycles. The highest BCUT2D eigenvalue weighted by Gasteiger charge is 2.06. The molecular weight excluding hydrogens is 202 g/mol. The number of ether oxygens (including phenoxy) is 1. The zero-order valence-corrected chi connectivity index (χ0v) is 9.09. The Bertz CT molecular complexity index is 496. The molecule has 0 N–H and O–H groups in total. The zero-order chi connectivity index (χ0) is 11.4. The standard InChI is InChI=1S/C13H13NO2/c1-10(8-16-9-15)11-4-5-13-12(7-11)3-2-6-14-13/h2-7,9-10H,8H2,1H3. The fraction of sp³-hybridized carbons (Fsp3) is 0.231. The fourth-order valence-electron chi connectivity index (χ4n) is 1.68. The molecule has 3 heteroatoms. The topological polar surface area (TPSA) is 39.2 Å². The van der Waals surface area contributed by atoms with Gasteiger partial charge in [0.2, 0.25) is 0 Å². The highest BCUT2D eigenvalue weighted by molar-refractivity contribution is 5.79. The van der Waals surface area contributed by atoms with Crippen LogP contribution in [0.4, 0.5) is 0 Å². The molecule has 0 bridgehead atoms. The summed E-state index contributed by atoms with van der Waals surface area (Å²) < 4.78 is 4.77. The molecule has 2 rings (SSSR count). The highest BCUT2D eigenvalue weighted by Crippen LogP contribution is 2.20. The van der Waals surface area contributed by atoms with E-state index in [9.17, 15) is 4.79 Å². The van der Waals surface area contributed by atoms with Crippen molar-refractivity contribution < 1.29 is 9.53 Å². The van der Waals surface area contributed by atoms with Crippen molar-refractivity contribution in [1.82, 2.24) is 4.98 Å². The molecular formula is C13H13NO2. The van der Waals surface area contributed by atoms with Gasteiger partial charge in [0.05, 0.1) is 12.1 Å². The maximum Gasteiger partial charge on any atom is 0.293 e. The lowest BCUT2D eigenvalue weighted by atomic mass is 10.0. The summed E-state index contributed by atoms with van der Waals surface area (Å²) in [4.78, 5) is 14.4. The Labute approximate surface area is 94.1 Å². The molecule has 0 aliphatic rings. The lowest BCUT2D eigenvalue weighted by molar-refractivity contribution is -0.129. The van der Waals surface area contributed by atoms with E-state index in [1.54, 1.807) is 6.20 Å². The van der Waals surface area contributed by atoms with Gasteiger partial charge in [0, 0.05) is 17.5 Å². The van der Waals surface area contributed by atoms with E-state index < -0.39 is 0 Å². The van der Waals surface area contributed by atoms with Crippen LogP contribution in [0.25, 0.3) is 10.9 Å². The quantitative estimate of drug-likeness (QED) is 0.735. The Kier molecular flexibility index (Phi) is 3.15. The Hall–Kier alpha value is -1.90. The van der Waals surface area contributed by atoms with Crippen LogP contribution in [0, 0.1) is 0 Å². The molecule has 0 saturated carbocycles. The van der Waals surface area contributed by atoms with E-state index in [0.29, 0.717) is 13.1 Å². The first-order valence-electron chi connectivity index (χ1n) is 5.21. The molecule has 1 atom stereocenters. The van der Waals surface area contributed by atoms with Gasteiger partial charge in [-0.1, -0.05) is 19.1 Å². The van der Waals surface area contributed by atoms with Crippen LogP contribution in [0.1, 0.15) is 18.4 Å². The second-order valence-corrected chi connectivity index (χ2v) is 3.79. The van der Waals surface area contributed by atoms with Crippen molar-refractivity contribution in [2.45, 2.75) is 12.8 Å². The smallest absolute Gasteiger partial charge is 0.293 e. The van der Waals surface area contributed by atoms with Crippen LogP contribution in [0.3, 0.4) is 0 Å². The molecule has 1 heterocycles. The molecule has 16 heavy (non-hydrogen) atoms. The van der Waals surface area contributed by atoms with Crippen LogP contribution in [-0.4, -0.2) is 18.1 Å². The molecule has 0 amide bonds. The van der Waals surface area contributed by atoms with Gasteiger partial charge in [-0.2, -0.15) is 0 Å². The third-order valence-electron chi connectivity index (χ3n) is 2.61. The largest absolute Gasteiger partial charge is 0.467 e. The van der Waals surface area contributed by atoms with E-state index >= 15 is 0 Å². The molecule has 0 radical (unpaired) electrons. The van der Waals surface area contributed by atoms with Crippen molar-refractivity contribution in [1.29, 1.82) is 0 Å². The van der Waals surface area contributed by atoms with Crippen molar-refractivity contribution in [3.8, 4) is 0 Å². The lowest BCUT2D eigenvalue weighted by Gasteiger charge is -2.10. The average Bonchev–Trinajstić information content (AvgIpc) is 2.35. The number of benzene rings is 1. The molecule has 0 saturated heterocycles. The summed E-state index contributed by atoms with van der Waals surface area (Å²) in [5.74, 6) is 0.204. The van der Waals surface area contributed by atoms with Crippen LogP contribution < -0.4 is 0 Å². The van der Waals surface area contributed by atoms with Crippen molar-refractivity contribution in [2.24, 2.45) is 0 Å². The predicted octanol–water partition coefficient (Wildman–Crippen LogP) is 2.51. The molecule has 3 nitrogen and oxygen atoms in total. The van der Waals surface area contributed by atoms with E-state index in [1.807, 2.05) is 31.2 Å². The van der Waals surface area contributed by atoms with Crippen LogP contribution in [0.5, 0.6) is 0 Å². The second kappa shape index (κ2) is 4.75.